The first-order valence-corrected chi connectivity index (χ1v) is 9.11. The molecule has 1 amide bonds. The molecule has 0 unspecified atom stereocenters. The average Bonchev–Trinajstić information content (AvgIpc) is 2.48. The molecule has 1 fully saturated rings. The van der Waals surface area contributed by atoms with Crippen molar-refractivity contribution < 1.29 is 4.79 Å². The first-order chi connectivity index (χ1) is 10.1. The maximum absolute atomic E-state index is 12.4. The van der Waals surface area contributed by atoms with Crippen LogP contribution in [-0.2, 0) is 0 Å². The van der Waals surface area contributed by atoms with Crippen LogP contribution in [-0.4, -0.2) is 30.0 Å². The van der Waals surface area contributed by atoms with E-state index in [-0.39, 0.29) is 5.91 Å². The summed E-state index contributed by atoms with van der Waals surface area (Å²) in [5.74, 6) is 0.0724. The molecule has 0 aromatic heterocycles. The first kappa shape index (κ1) is 16.2. The van der Waals surface area contributed by atoms with Gasteiger partial charge in [0.25, 0.3) is 5.91 Å². The highest BCUT2D eigenvalue weighted by Crippen LogP contribution is 2.27. The number of rotatable bonds is 5. The molecule has 0 spiro atoms. The Kier molecular flexibility index (Phi) is 5.97. The van der Waals surface area contributed by atoms with Crippen molar-refractivity contribution in [3.05, 3.63) is 29.3 Å². The number of anilines is 1. The topological polar surface area (TPSA) is 41.1 Å². The van der Waals surface area contributed by atoms with Gasteiger partial charge in [-0.25, -0.2) is 0 Å². The van der Waals surface area contributed by atoms with Crippen molar-refractivity contribution in [2.45, 2.75) is 50.8 Å². The summed E-state index contributed by atoms with van der Waals surface area (Å²) in [5.41, 5.74) is 2.90. The Labute approximate surface area is 132 Å². The second kappa shape index (κ2) is 7.74. The molecule has 0 bridgehead atoms. The van der Waals surface area contributed by atoms with Gasteiger partial charge < -0.3 is 10.6 Å². The Morgan fingerprint density at radius 3 is 2.57 bits per heavy atom. The van der Waals surface area contributed by atoms with Crippen LogP contribution in [0, 0.1) is 6.92 Å². The highest BCUT2D eigenvalue weighted by atomic mass is 32.2. The number of thioether (sulfide) groups is 1. The second-order valence-corrected chi connectivity index (χ2v) is 6.88. The fourth-order valence-corrected chi connectivity index (χ4v) is 3.68. The van der Waals surface area contributed by atoms with Gasteiger partial charge in [0.2, 0.25) is 0 Å². The van der Waals surface area contributed by atoms with Crippen LogP contribution in [0.2, 0.25) is 0 Å². The Balaban J connectivity index is 1.94. The van der Waals surface area contributed by atoms with Crippen LogP contribution in [0.3, 0.4) is 0 Å². The summed E-state index contributed by atoms with van der Waals surface area (Å²) < 4.78 is 0. The van der Waals surface area contributed by atoms with Crippen molar-refractivity contribution in [2.75, 3.05) is 18.1 Å². The Morgan fingerprint density at radius 2 is 2.00 bits per heavy atom. The standard InChI is InChI=1S/C17H26N2OS/c1-4-18-14-7-10-16(12(2)11-14)17(20)19-13-5-8-15(21-3)9-6-13/h7,10-11,13,15,18H,4-6,8-9H2,1-3H3,(H,19,20). The van der Waals surface area contributed by atoms with Gasteiger partial charge in [-0.15, -0.1) is 0 Å². The Hall–Kier alpha value is -1.16. The third-order valence-corrected chi connectivity index (χ3v) is 5.33. The Morgan fingerprint density at radius 1 is 1.29 bits per heavy atom. The van der Waals surface area contributed by atoms with Gasteiger partial charge in [0.05, 0.1) is 0 Å². The van der Waals surface area contributed by atoms with E-state index >= 15 is 0 Å². The summed E-state index contributed by atoms with van der Waals surface area (Å²) in [7, 11) is 0. The van der Waals surface area contributed by atoms with Crippen molar-refractivity contribution in [1.82, 2.24) is 5.32 Å². The SMILES string of the molecule is CCNc1ccc(C(=O)NC2CCC(SC)CC2)c(C)c1. The van der Waals surface area contributed by atoms with E-state index in [2.05, 4.69) is 23.8 Å². The van der Waals surface area contributed by atoms with Gasteiger partial charge in [-0.3, -0.25) is 4.79 Å². The summed E-state index contributed by atoms with van der Waals surface area (Å²) >= 11 is 1.95. The van der Waals surface area contributed by atoms with Crippen LogP contribution in [0.4, 0.5) is 5.69 Å². The number of hydrogen-bond acceptors (Lipinski definition) is 3. The fraction of sp³-hybridized carbons (Fsp3) is 0.588. The molecule has 21 heavy (non-hydrogen) atoms. The number of carbonyl (C=O) groups excluding carboxylic acids is 1. The predicted molar refractivity (Wildman–Crippen MR) is 92.4 cm³/mol. The summed E-state index contributed by atoms with van der Waals surface area (Å²) in [5, 5.41) is 7.25. The zero-order valence-electron chi connectivity index (χ0n) is 13.2. The first-order valence-electron chi connectivity index (χ1n) is 7.82. The van der Waals surface area contributed by atoms with Crippen molar-refractivity contribution in [3.8, 4) is 0 Å². The largest absolute Gasteiger partial charge is 0.385 e. The zero-order valence-corrected chi connectivity index (χ0v) is 14.1. The lowest BCUT2D eigenvalue weighted by atomic mass is 9.94. The van der Waals surface area contributed by atoms with Crippen LogP contribution in [0.5, 0.6) is 0 Å². The lowest BCUT2D eigenvalue weighted by Crippen LogP contribution is -2.38. The lowest BCUT2D eigenvalue weighted by molar-refractivity contribution is 0.0927. The van der Waals surface area contributed by atoms with Crippen LogP contribution >= 0.6 is 11.8 Å². The molecular weight excluding hydrogens is 280 g/mol. The number of aryl methyl sites for hydroxylation is 1. The minimum absolute atomic E-state index is 0.0724. The molecule has 0 radical (unpaired) electrons. The highest BCUT2D eigenvalue weighted by Gasteiger charge is 2.22. The highest BCUT2D eigenvalue weighted by molar-refractivity contribution is 7.99. The van der Waals surface area contributed by atoms with E-state index in [1.807, 2.05) is 36.9 Å². The Bertz CT molecular complexity index is 482. The van der Waals surface area contributed by atoms with Gasteiger partial charge in [-0.2, -0.15) is 11.8 Å². The van der Waals surface area contributed by atoms with E-state index in [0.29, 0.717) is 6.04 Å². The zero-order chi connectivity index (χ0) is 15.2. The van der Waals surface area contributed by atoms with E-state index < -0.39 is 0 Å². The fourth-order valence-electron chi connectivity index (χ4n) is 2.94. The van der Waals surface area contributed by atoms with Gasteiger partial charge in [0, 0.05) is 29.1 Å². The van der Waals surface area contributed by atoms with E-state index in [4.69, 9.17) is 0 Å². The normalized spacial score (nSPS) is 21.9. The molecule has 0 saturated heterocycles. The third kappa shape index (κ3) is 4.40. The van der Waals surface area contributed by atoms with Crippen molar-refractivity contribution >= 4 is 23.4 Å². The molecule has 1 aromatic rings. The molecule has 0 atom stereocenters. The number of carbonyl (C=O) groups is 1. The summed E-state index contributed by atoms with van der Waals surface area (Å²) in [6.45, 7) is 4.96. The summed E-state index contributed by atoms with van der Waals surface area (Å²) in [6.07, 6.45) is 6.81. The minimum Gasteiger partial charge on any atom is -0.385 e. The molecule has 1 saturated carbocycles. The molecule has 1 aliphatic carbocycles. The quantitative estimate of drug-likeness (QED) is 0.868. The van der Waals surface area contributed by atoms with Crippen LogP contribution in [0.25, 0.3) is 0 Å². The summed E-state index contributed by atoms with van der Waals surface area (Å²) in [4.78, 5) is 12.4. The van der Waals surface area contributed by atoms with E-state index in [9.17, 15) is 4.79 Å². The van der Waals surface area contributed by atoms with E-state index in [1.54, 1.807) is 0 Å². The molecule has 3 nitrogen and oxygen atoms in total. The average molecular weight is 306 g/mol. The molecule has 116 valence electrons. The van der Waals surface area contributed by atoms with E-state index in [1.165, 1.54) is 12.8 Å². The minimum atomic E-state index is 0.0724. The maximum Gasteiger partial charge on any atom is 0.251 e. The molecule has 4 heteroatoms. The van der Waals surface area contributed by atoms with E-state index in [0.717, 1.165) is 41.5 Å². The van der Waals surface area contributed by atoms with Gasteiger partial charge >= 0.3 is 0 Å². The predicted octanol–water partition coefficient (Wildman–Crippen LogP) is 3.83. The molecule has 2 N–H and O–H groups in total. The van der Waals surface area contributed by atoms with Gasteiger partial charge in [-0.1, -0.05) is 0 Å². The molecular formula is C17H26N2OS. The van der Waals surface area contributed by atoms with Crippen molar-refractivity contribution in [2.24, 2.45) is 0 Å². The van der Waals surface area contributed by atoms with Crippen LogP contribution in [0.1, 0.15) is 48.5 Å². The van der Waals surface area contributed by atoms with Gasteiger partial charge in [-0.05, 0) is 69.5 Å². The molecule has 2 rings (SSSR count). The monoisotopic (exact) mass is 306 g/mol. The molecule has 0 aliphatic heterocycles. The van der Waals surface area contributed by atoms with Crippen LogP contribution < -0.4 is 10.6 Å². The number of nitrogens with one attached hydrogen (secondary N) is 2. The van der Waals surface area contributed by atoms with Crippen molar-refractivity contribution in [3.63, 3.8) is 0 Å². The number of benzene rings is 1. The molecule has 0 heterocycles. The third-order valence-electron chi connectivity index (χ3n) is 4.19. The molecule has 1 aromatic carbocycles. The number of hydrogen-bond donors (Lipinski definition) is 2. The number of amides is 1. The lowest BCUT2D eigenvalue weighted by Gasteiger charge is -2.28. The maximum atomic E-state index is 12.4. The molecule has 1 aliphatic rings. The summed E-state index contributed by atoms with van der Waals surface area (Å²) in [6, 6.07) is 6.30. The van der Waals surface area contributed by atoms with Crippen molar-refractivity contribution in [1.29, 1.82) is 0 Å². The smallest absolute Gasteiger partial charge is 0.251 e. The van der Waals surface area contributed by atoms with Gasteiger partial charge in [0.15, 0.2) is 0 Å². The van der Waals surface area contributed by atoms with Gasteiger partial charge in [0.1, 0.15) is 0 Å². The second-order valence-electron chi connectivity index (χ2n) is 5.74. The van der Waals surface area contributed by atoms with Crippen LogP contribution in [0.15, 0.2) is 18.2 Å².